The highest BCUT2D eigenvalue weighted by Gasteiger charge is 2.23. The van der Waals surface area contributed by atoms with Crippen molar-refractivity contribution >= 4 is 17.5 Å². The second-order valence-electron chi connectivity index (χ2n) is 7.60. The van der Waals surface area contributed by atoms with Crippen LogP contribution in [-0.4, -0.2) is 62.8 Å². The third-order valence-corrected chi connectivity index (χ3v) is 4.77. The van der Waals surface area contributed by atoms with E-state index in [0.717, 1.165) is 49.5 Å². The maximum absolute atomic E-state index is 12.2. The van der Waals surface area contributed by atoms with Crippen molar-refractivity contribution in [1.82, 2.24) is 20.9 Å². The maximum Gasteiger partial charge on any atom is 0.315 e. The second-order valence-corrected chi connectivity index (χ2v) is 7.60. The first-order chi connectivity index (χ1) is 13.3. The fraction of sp³-hybridized carbons (Fsp3) is 0.524. The van der Waals surface area contributed by atoms with Crippen LogP contribution in [0.15, 0.2) is 30.8 Å². The first-order valence-electron chi connectivity index (χ1n) is 9.67. The van der Waals surface area contributed by atoms with Crippen LogP contribution in [-0.2, 0) is 15.1 Å². The zero-order chi connectivity index (χ0) is 20.6. The van der Waals surface area contributed by atoms with Crippen LogP contribution in [0.5, 0.6) is 0 Å². The lowest BCUT2D eigenvalue weighted by atomic mass is 9.92. The Kier molecular flexibility index (Phi) is 8.02. The lowest BCUT2D eigenvalue weighted by molar-refractivity contribution is -0.120. The summed E-state index contributed by atoms with van der Waals surface area (Å²) in [5.74, 6) is -0.203. The molecule has 1 aliphatic rings. The minimum atomic E-state index is -0.581. The molecular weight excluding hydrogens is 356 g/mol. The quantitative estimate of drug-likeness (QED) is 0.633. The highest BCUT2D eigenvalue weighted by atomic mass is 16.5. The average molecular weight is 389 g/mol. The van der Waals surface area contributed by atoms with Crippen LogP contribution < -0.4 is 16.0 Å². The van der Waals surface area contributed by atoms with Gasteiger partial charge in [0.15, 0.2) is 0 Å². The van der Waals surface area contributed by atoms with Crippen molar-refractivity contribution in [3.05, 3.63) is 42.0 Å². The molecule has 3 amide bonds. The number of carbonyl (C=O) groups is 2. The first kappa shape index (κ1) is 21.9. The molecule has 0 bridgehead atoms. The molecule has 7 nitrogen and oxygen atoms in total. The average Bonchev–Trinajstić information content (AvgIpc) is 2.67. The Morgan fingerprint density at radius 1 is 1.21 bits per heavy atom. The van der Waals surface area contributed by atoms with Crippen LogP contribution in [0, 0.1) is 0 Å². The van der Waals surface area contributed by atoms with E-state index in [-0.39, 0.29) is 18.5 Å². The number of amides is 3. The zero-order valence-electron chi connectivity index (χ0n) is 17.1. The molecule has 3 N–H and O–H groups in total. The summed E-state index contributed by atoms with van der Waals surface area (Å²) in [5, 5.41) is 8.37. The number of rotatable bonds is 8. The lowest BCUT2D eigenvalue weighted by Gasteiger charge is -2.27. The number of carbonyl (C=O) groups excluding carboxylic acids is 2. The van der Waals surface area contributed by atoms with Gasteiger partial charge in [-0.15, -0.1) is 0 Å². The van der Waals surface area contributed by atoms with E-state index in [0.29, 0.717) is 6.54 Å². The number of hydrogen-bond donors (Lipinski definition) is 3. The molecule has 0 radical (unpaired) electrons. The summed E-state index contributed by atoms with van der Waals surface area (Å²) in [6.07, 6.45) is 0. The van der Waals surface area contributed by atoms with Crippen molar-refractivity contribution in [2.45, 2.75) is 26.3 Å². The Balaban J connectivity index is 1.73. The van der Waals surface area contributed by atoms with Crippen molar-refractivity contribution in [3.8, 4) is 0 Å². The standard InChI is InChI=1S/C21H32N4O3/c1-16(2)17-6-5-7-18(14-17)21(3,4)24-20(27)23-15-19(26)22-8-9-25-10-12-28-13-11-25/h5-7,14H,1,8-13,15H2,2-4H3,(H,22,26)(H2,23,24,27). The number of morpholine rings is 1. The van der Waals surface area contributed by atoms with Gasteiger partial charge in [-0.25, -0.2) is 4.79 Å². The molecule has 154 valence electrons. The summed E-state index contributed by atoms with van der Waals surface area (Å²) in [6.45, 7) is 14.3. The third-order valence-electron chi connectivity index (χ3n) is 4.77. The van der Waals surface area contributed by atoms with E-state index in [9.17, 15) is 9.59 Å². The number of nitrogens with zero attached hydrogens (tertiary/aromatic N) is 1. The molecule has 0 spiro atoms. The Morgan fingerprint density at radius 2 is 1.93 bits per heavy atom. The van der Waals surface area contributed by atoms with Gasteiger partial charge in [0.1, 0.15) is 0 Å². The Morgan fingerprint density at radius 3 is 2.61 bits per heavy atom. The number of nitrogens with one attached hydrogen (secondary N) is 3. The number of ether oxygens (including phenoxy) is 1. The molecule has 0 unspecified atom stereocenters. The van der Waals surface area contributed by atoms with Crippen LogP contribution in [0.1, 0.15) is 31.9 Å². The van der Waals surface area contributed by atoms with Gasteiger partial charge in [-0.05, 0) is 38.0 Å². The van der Waals surface area contributed by atoms with Gasteiger partial charge in [-0.3, -0.25) is 9.69 Å². The van der Waals surface area contributed by atoms with Crippen molar-refractivity contribution < 1.29 is 14.3 Å². The summed E-state index contributed by atoms with van der Waals surface area (Å²) < 4.78 is 5.29. The molecule has 0 atom stereocenters. The number of urea groups is 1. The molecule has 1 heterocycles. The molecule has 0 aromatic heterocycles. The molecule has 1 aliphatic heterocycles. The van der Waals surface area contributed by atoms with Gasteiger partial charge in [-0.2, -0.15) is 0 Å². The van der Waals surface area contributed by atoms with Crippen LogP contribution in [0.2, 0.25) is 0 Å². The van der Waals surface area contributed by atoms with Crippen LogP contribution >= 0.6 is 0 Å². The summed E-state index contributed by atoms with van der Waals surface area (Å²) in [6, 6.07) is 7.53. The fourth-order valence-electron chi connectivity index (χ4n) is 2.97. The Bertz CT molecular complexity index is 697. The molecule has 1 aromatic carbocycles. The van der Waals surface area contributed by atoms with Gasteiger partial charge in [-0.1, -0.05) is 30.4 Å². The summed E-state index contributed by atoms with van der Waals surface area (Å²) >= 11 is 0. The van der Waals surface area contributed by atoms with Gasteiger partial charge in [0.25, 0.3) is 0 Å². The van der Waals surface area contributed by atoms with Gasteiger partial charge in [0.2, 0.25) is 5.91 Å². The molecule has 0 aliphatic carbocycles. The second kappa shape index (κ2) is 10.2. The SMILES string of the molecule is C=C(C)c1cccc(C(C)(C)NC(=O)NCC(=O)NCCN2CCOCC2)c1. The molecular formula is C21H32N4O3. The van der Waals surface area contributed by atoms with E-state index in [1.54, 1.807) is 0 Å². The normalized spacial score (nSPS) is 15.0. The van der Waals surface area contributed by atoms with Gasteiger partial charge < -0.3 is 20.7 Å². The van der Waals surface area contributed by atoms with Crippen molar-refractivity contribution in [1.29, 1.82) is 0 Å². The van der Waals surface area contributed by atoms with Crippen molar-refractivity contribution in [2.75, 3.05) is 45.9 Å². The van der Waals surface area contributed by atoms with Gasteiger partial charge in [0, 0.05) is 26.2 Å². The Hall–Kier alpha value is -2.38. The molecule has 1 saturated heterocycles. The van der Waals surface area contributed by atoms with E-state index >= 15 is 0 Å². The molecule has 1 aromatic rings. The number of hydrogen-bond acceptors (Lipinski definition) is 4. The lowest BCUT2D eigenvalue weighted by Crippen LogP contribution is -2.49. The monoisotopic (exact) mass is 388 g/mol. The van der Waals surface area contributed by atoms with Gasteiger partial charge in [0.05, 0.1) is 25.3 Å². The fourth-order valence-corrected chi connectivity index (χ4v) is 2.97. The van der Waals surface area contributed by atoms with E-state index in [4.69, 9.17) is 4.74 Å². The van der Waals surface area contributed by atoms with E-state index < -0.39 is 5.54 Å². The number of benzene rings is 1. The van der Waals surface area contributed by atoms with E-state index in [1.807, 2.05) is 45.0 Å². The zero-order valence-corrected chi connectivity index (χ0v) is 17.1. The predicted molar refractivity (Wildman–Crippen MR) is 111 cm³/mol. The highest BCUT2D eigenvalue weighted by Crippen LogP contribution is 2.23. The topological polar surface area (TPSA) is 82.7 Å². The molecule has 0 saturated carbocycles. The summed E-state index contributed by atoms with van der Waals surface area (Å²) in [4.78, 5) is 26.4. The van der Waals surface area contributed by atoms with Crippen molar-refractivity contribution in [2.24, 2.45) is 0 Å². The molecule has 1 fully saturated rings. The number of allylic oxidation sites excluding steroid dienone is 1. The van der Waals surface area contributed by atoms with Crippen LogP contribution in [0.3, 0.4) is 0 Å². The summed E-state index contributed by atoms with van der Waals surface area (Å²) in [5.41, 5.74) is 2.39. The Labute approximate surface area is 167 Å². The molecule has 28 heavy (non-hydrogen) atoms. The first-order valence-corrected chi connectivity index (χ1v) is 9.67. The predicted octanol–water partition coefficient (Wildman–Crippen LogP) is 1.70. The molecule has 2 rings (SSSR count). The largest absolute Gasteiger partial charge is 0.379 e. The molecule has 7 heteroatoms. The van der Waals surface area contributed by atoms with Gasteiger partial charge >= 0.3 is 6.03 Å². The van der Waals surface area contributed by atoms with Crippen LogP contribution in [0.25, 0.3) is 5.57 Å². The van der Waals surface area contributed by atoms with E-state index in [1.165, 1.54) is 0 Å². The smallest absolute Gasteiger partial charge is 0.315 e. The van der Waals surface area contributed by atoms with Crippen LogP contribution in [0.4, 0.5) is 4.79 Å². The minimum Gasteiger partial charge on any atom is -0.379 e. The highest BCUT2D eigenvalue weighted by molar-refractivity contribution is 5.84. The third kappa shape index (κ3) is 6.98. The van der Waals surface area contributed by atoms with E-state index in [2.05, 4.69) is 27.4 Å². The minimum absolute atomic E-state index is 0.0587. The van der Waals surface area contributed by atoms with Crippen molar-refractivity contribution in [3.63, 3.8) is 0 Å². The summed E-state index contributed by atoms with van der Waals surface area (Å²) in [7, 11) is 0. The maximum atomic E-state index is 12.2.